The van der Waals surface area contributed by atoms with Gasteiger partial charge in [0.05, 0.1) is 0 Å². The van der Waals surface area contributed by atoms with Crippen LogP contribution in [0.25, 0.3) is 0 Å². The molecule has 0 radical (unpaired) electrons. The molecule has 5 nitrogen and oxygen atoms in total. The molecule has 0 spiro atoms. The smallest absolute Gasteiger partial charge is 0.323 e. The molecular formula is C5H11N3O2S. The largest absolute Gasteiger partial charge is 0.480 e. The van der Waals surface area contributed by atoms with Crippen molar-refractivity contribution in [1.29, 1.82) is 5.41 Å². The standard InChI is InChI=1S/C5H11N3O2S/c6-5(7)8(1-2-11)3-4(9)10/h11H,1-3H2,(H3,6,7)(H,9,10). The highest BCUT2D eigenvalue weighted by molar-refractivity contribution is 7.80. The lowest BCUT2D eigenvalue weighted by Crippen LogP contribution is -2.41. The summed E-state index contributed by atoms with van der Waals surface area (Å²) >= 11 is 3.89. The summed E-state index contributed by atoms with van der Waals surface area (Å²) in [7, 11) is 0. The lowest BCUT2D eigenvalue weighted by molar-refractivity contribution is -0.137. The van der Waals surface area contributed by atoms with Crippen molar-refractivity contribution < 1.29 is 9.90 Å². The first kappa shape index (κ1) is 10.1. The van der Waals surface area contributed by atoms with E-state index in [1.807, 2.05) is 0 Å². The highest BCUT2D eigenvalue weighted by Crippen LogP contribution is 1.87. The van der Waals surface area contributed by atoms with Crippen LogP contribution < -0.4 is 5.73 Å². The highest BCUT2D eigenvalue weighted by Gasteiger charge is 2.08. The number of carboxylic acids is 1. The quantitative estimate of drug-likeness (QED) is 0.257. The molecule has 0 atom stereocenters. The first-order valence-corrected chi connectivity index (χ1v) is 3.62. The zero-order valence-corrected chi connectivity index (χ0v) is 6.84. The number of aliphatic carboxylic acids is 1. The summed E-state index contributed by atoms with van der Waals surface area (Å²) in [6.07, 6.45) is 0. The van der Waals surface area contributed by atoms with Crippen LogP contribution >= 0.6 is 12.6 Å². The zero-order chi connectivity index (χ0) is 8.85. The third-order valence-electron chi connectivity index (χ3n) is 1.04. The Morgan fingerprint density at radius 1 is 1.73 bits per heavy atom. The summed E-state index contributed by atoms with van der Waals surface area (Å²) in [5, 5.41) is 15.3. The number of thiol groups is 1. The van der Waals surface area contributed by atoms with Gasteiger partial charge in [0.15, 0.2) is 5.96 Å². The molecule has 0 aliphatic heterocycles. The Labute approximate surface area is 70.1 Å². The molecule has 0 saturated heterocycles. The highest BCUT2D eigenvalue weighted by atomic mass is 32.1. The molecule has 0 unspecified atom stereocenters. The van der Waals surface area contributed by atoms with Gasteiger partial charge in [0.2, 0.25) is 0 Å². The van der Waals surface area contributed by atoms with Gasteiger partial charge in [-0.3, -0.25) is 10.2 Å². The second-order valence-corrected chi connectivity index (χ2v) is 2.37. The number of guanidine groups is 1. The average Bonchev–Trinajstić information content (AvgIpc) is 1.86. The molecule has 0 aliphatic rings. The molecule has 0 aliphatic carbocycles. The SMILES string of the molecule is N=C(N)N(CCS)CC(=O)O. The minimum atomic E-state index is -0.998. The van der Waals surface area contributed by atoms with Crippen molar-refractivity contribution >= 4 is 24.6 Å². The third-order valence-corrected chi connectivity index (χ3v) is 1.24. The molecule has 11 heavy (non-hydrogen) atoms. The number of carbonyl (C=O) groups is 1. The van der Waals surface area contributed by atoms with E-state index < -0.39 is 5.97 Å². The van der Waals surface area contributed by atoms with Crippen molar-refractivity contribution in [3.8, 4) is 0 Å². The van der Waals surface area contributed by atoms with E-state index in [2.05, 4.69) is 12.6 Å². The molecular weight excluding hydrogens is 166 g/mol. The predicted octanol–water partition coefficient (Wildman–Crippen LogP) is -0.804. The van der Waals surface area contributed by atoms with E-state index in [4.69, 9.17) is 16.2 Å². The molecule has 0 rings (SSSR count). The maximum absolute atomic E-state index is 10.2. The molecule has 0 aromatic heterocycles. The number of nitrogens with zero attached hydrogens (tertiary/aromatic N) is 1. The normalized spacial score (nSPS) is 9.18. The van der Waals surface area contributed by atoms with Gasteiger partial charge in [-0.15, -0.1) is 0 Å². The van der Waals surface area contributed by atoms with E-state index in [9.17, 15) is 4.79 Å². The van der Waals surface area contributed by atoms with Gasteiger partial charge in [-0.05, 0) is 0 Å². The minimum absolute atomic E-state index is 0.235. The topological polar surface area (TPSA) is 90.4 Å². The summed E-state index contributed by atoms with van der Waals surface area (Å²) in [4.78, 5) is 11.4. The summed E-state index contributed by atoms with van der Waals surface area (Å²) < 4.78 is 0. The molecule has 0 fully saturated rings. The Morgan fingerprint density at radius 3 is 2.55 bits per heavy atom. The van der Waals surface area contributed by atoms with E-state index in [0.29, 0.717) is 12.3 Å². The van der Waals surface area contributed by atoms with Crippen LogP contribution in [0.1, 0.15) is 0 Å². The maximum Gasteiger partial charge on any atom is 0.323 e. The maximum atomic E-state index is 10.2. The van der Waals surface area contributed by atoms with E-state index in [0.717, 1.165) is 0 Å². The number of nitrogens with one attached hydrogen (secondary N) is 1. The number of hydrogen-bond donors (Lipinski definition) is 4. The van der Waals surface area contributed by atoms with E-state index >= 15 is 0 Å². The summed E-state index contributed by atoms with van der Waals surface area (Å²) in [5.74, 6) is -0.754. The lowest BCUT2D eigenvalue weighted by atomic mass is 10.5. The van der Waals surface area contributed by atoms with Crippen LogP contribution in [0.2, 0.25) is 0 Å². The van der Waals surface area contributed by atoms with Gasteiger partial charge in [0.1, 0.15) is 6.54 Å². The van der Waals surface area contributed by atoms with Crippen LogP contribution in [0.15, 0.2) is 0 Å². The van der Waals surface area contributed by atoms with Crippen LogP contribution in [0.3, 0.4) is 0 Å². The molecule has 0 amide bonds. The van der Waals surface area contributed by atoms with Crippen LogP contribution in [0.4, 0.5) is 0 Å². The summed E-state index contributed by atoms with van der Waals surface area (Å²) in [5.41, 5.74) is 5.08. The fourth-order valence-corrected chi connectivity index (χ4v) is 0.810. The van der Waals surface area contributed by atoms with E-state index in [-0.39, 0.29) is 12.5 Å². The molecule has 0 saturated carbocycles. The van der Waals surface area contributed by atoms with Crippen LogP contribution in [-0.2, 0) is 4.79 Å². The van der Waals surface area contributed by atoms with Crippen LogP contribution in [0.5, 0.6) is 0 Å². The molecule has 0 heterocycles. The third kappa shape index (κ3) is 4.49. The Morgan fingerprint density at radius 2 is 2.27 bits per heavy atom. The van der Waals surface area contributed by atoms with Gasteiger partial charge in [0, 0.05) is 12.3 Å². The summed E-state index contributed by atoms with van der Waals surface area (Å²) in [6, 6.07) is 0. The van der Waals surface area contributed by atoms with Crippen molar-refractivity contribution in [3.63, 3.8) is 0 Å². The Bertz CT molecular complexity index is 162. The van der Waals surface area contributed by atoms with Crippen molar-refractivity contribution in [2.24, 2.45) is 5.73 Å². The van der Waals surface area contributed by atoms with Crippen LogP contribution in [-0.4, -0.2) is 40.8 Å². The van der Waals surface area contributed by atoms with E-state index in [1.54, 1.807) is 0 Å². The van der Waals surface area contributed by atoms with E-state index in [1.165, 1.54) is 4.90 Å². The van der Waals surface area contributed by atoms with Crippen LogP contribution in [0, 0.1) is 5.41 Å². The lowest BCUT2D eigenvalue weighted by Gasteiger charge is -2.18. The Kier molecular flexibility index (Phi) is 4.44. The van der Waals surface area contributed by atoms with Gasteiger partial charge in [-0.2, -0.15) is 12.6 Å². The number of nitrogens with two attached hydrogens (primary N) is 1. The molecule has 0 bridgehead atoms. The van der Waals surface area contributed by atoms with Gasteiger partial charge in [0.25, 0.3) is 0 Å². The van der Waals surface area contributed by atoms with Gasteiger partial charge in [-0.25, -0.2) is 0 Å². The molecule has 4 N–H and O–H groups in total. The Hall–Kier alpha value is -0.910. The second kappa shape index (κ2) is 4.84. The number of hydrogen-bond acceptors (Lipinski definition) is 3. The van der Waals surface area contributed by atoms with Crippen molar-refractivity contribution in [2.45, 2.75) is 0 Å². The van der Waals surface area contributed by atoms with Gasteiger partial charge >= 0.3 is 5.97 Å². The molecule has 64 valence electrons. The van der Waals surface area contributed by atoms with Crippen molar-refractivity contribution in [2.75, 3.05) is 18.8 Å². The minimum Gasteiger partial charge on any atom is -0.480 e. The molecule has 0 aromatic carbocycles. The molecule has 6 heteroatoms. The number of rotatable bonds is 4. The Balaban J connectivity index is 3.89. The second-order valence-electron chi connectivity index (χ2n) is 1.92. The van der Waals surface area contributed by atoms with Crippen molar-refractivity contribution in [1.82, 2.24) is 4.90 Å². The predicted molar refractivity (Wildman–Crippen MR) is 45.0 cm³/mol. The molecule has 0 aromatic rings. The van der Waals surface area contributed by atoms with Gasteiger partial charge in [-0.1, -0.05) is 0 Å². The average molecular weight is 177 g/mol. The first-order valence-electron chi connectivity index (χ1n) is 2.99. The zero-order valence-electron chi connectivity index (χ0n) is 5.95. The fourth-order valence-electron chi connectivity index (χ4n) is 0.569. The van der Waals surface area contributed by atoms with Gasteiger partial charge < -0.3 is 15.7 Å². The first-order chi connectivity index (χ1) is 5.07. The summed E-state index contributed by atoms with van der Waals surface area (Å²) in [6.45, 7) is 0.140. The monoisotopic (exact) mass is 177 g/mol. The fraction of sp³-hybridized carbons (Fsp3) is 0.600. The number of carboxylic acid groups (broad SMARTS) is 1. The van der Waals surface area contributed by atoms with Crippen molar-refractivity contribution in [3.05, 3.63) is 0 Å².